The van der Waals surface area contributed by atoms with Crippen LogP contribution in [0.5, 0.6) is 0 Å². The molecule has 0 radical (unpaired) electrons. The molecule has 2 rings (SSSR count). The monoisotopic (exact) mass is 278 g/mol. The molecule has 1 atom stereocenters. The molecule has 1 unspecified atom stereocenters. The third-order valence-corrected chi connectivity index (χ3v) is 4.93. The Morgan fingerprint density at radius 3 is 2.26 bits per heavy atom. The second-order valence-corrected chi connectivity index (χ2v) is 6.30. The van der Waals surface area contributed by atoms with Crippen LogP contribution >= 0.6 is 11.8 Å². The standard InChI is InChI=1S/C16H26N2S/c1-4-14(2)18-11-9-17(10-12-18)13-15-5-7-16(19-3)8-6-15/h5-8,14H,4,9-13H2,1-3H3. The molecule has 3 heteroatoms. The number of hydrogen-bond donors (Lipinski definition) is 0. The van der Waals surface area contributed by atoms with Crippen molar-refractivity contribution in [2.75, 3.05) is 32.4 Å². The Balaban J connectivity index is 1.81. The minimum absolute atomic E-state index is 0.739. The summed E-state index contributed by atoms with van der Waals surface area (Å²) in [4.78, 5) is 6.55. The summed E-state index contributed by atoms with van der Waals surface area (Å²) in [6.45, 7) is 10.6. The van der Waals surface area contributed by atoms with Crippen LogP contribution in [0.15, 0.2) is 29.2 Å². The van der Waals surface area contributed by atoms with Gasteiger partial charge in [0.25, 0.3) is 0 Å². The lowest BCUT2D eigenvalue weighted by atomic mass is 10.1. The Morgan fingerprint density at radius 1 is 1.11 bits per heavy atom. The molecule has 106 valence electrons. The molecule has 0 spiro atoms. The van der Waals surface area contributed by atoms with E-state index in [0.717, 1.165) is 12.6 Å². The van der Waals surface area contributed by atoms with Gasteiger partial charge in [-0.2, -0.15) is 0 Å². The summed E-state index contributed by atoms with van der Waals surface area (Å²) < 4.78 is 0. The molecule has 0 aromatic heterocycles. The van der Waals surface area contributed by atoms with Crippen LogP contribution in [0, 0.1) is 0 Å². The zero-order chi connectivity index (χ0) is 13.7. The summed E-state index contributed by atoms with van der Waals surface area (Å²) in [6.07, 6.45) is 3.39. The number of nitrogens with zero attached hydrogens (tertiary/aromatic N) is 2. The SMILES string of the molecule is CCC(C)N1CCN(Cc2ccc(SC)cc2)CC1. The highest BCUT2D eigenvalue weighted by Crippen LogP contribution is 2.17. The van der Waals surface area contributed by atoms with E-state index in [1.54, 1.807) is 0 Å². The molecule has 0 saturated carbocycles. The number of benzene rings is 1. The zero-order valence-corrected chi connectivity index (χ0v) is 13.2. The first-order valence-corrected chi connectivity index (χ1v) is 8.54. The molecule has 1 aromatic rings. The summed E-state index contributed by atoms with van der Waals surface area (Å²) in [5, 5.41) is 0. The second-order valence-electron chi connectivity index (χ2n) is 5.42. The fourth-order valence-corrected chi connectivity index (χ4v) is 3.02. The van der Waals surface area contributed by atoms with E-state index >= 15 is 0 Å². The molecule has 0 N–H and O–H groups in total. The third kappa shape index (κ3) is 4.23. The lowest BCUT2D eigenvalue weighted by Gasteiger charge is -2.37. The van der Waals surface area contributed by atoms with Crippen LogP contribution in [0.4, 0.5) is 0 Å². The molecule has 19 heavy (non-hydrogen) atoms. The van der Waals surface area contributed by atoms with Crippen molar-refractivity contribution in [1.82, 2.24) is 9.80 Å². The number of thioether (sulfide) groups is 1. The van der Waals surface area contributed by atoms with Gasteiger partial charge in [-0.25, -0.2) is 0 Å². The molecule has 1 saturated heterocycles. The van der Waals surface area contributed by atoms with Gasteiger partial charge < -0.3 is 0 Å². The van der Waals surface area contributed by atoms with Crippen LogP contribution in [-0.2, 0) is 6.54 Å². The van der Waals surface area contributed by atoms with E-state index in [1.165, 1.54) is 43.1 Å². The van der Waals surface area contributed by atoms with E-state index < -0.39 is 0 Å². The van der Waals surface area contributed by atoms with E-state index in [9.17, 15) is 0 Å². The average molecular weight is 278 g/mol. The van der Waals surface area contributed by atoms with Crippen molar-refractivity contribution in [3.63, 3.8) is 0 Å². The minimum atomic E-state index is 0.739. The van der Waals surface area contributed by atoms with Crippen molar-refractivity contribution in [1.29, 1.82) is 0 Å². The predicted molar refractivity (Wildman–Crippen MR) is 84.8 cm³/mol. The van der Waals surface area contributed by atoms with E-state index in [0.29, 0.717) is 0 Å². The summed E-state index contributed by atoms with van der Waals surface area (Å²) in [6, 6.07) is 9.74. The van der Waals surface area contributed by atoms with Gasteiger partial charge in [0.15, 0.2) is 0 Å². The Hall–Kier alpha value is -0.510. The van der Waals surface area contributed by atoms with Gasteiger partial charge in [0.2, 0.25) is 0 Å². The zero-order valence-electron chi connectivity index (χ0n) is 12.4. The number of hydrogen-bond acceptors (Lipinski definition) is 3. The maximum absolute atomic E-state index is 2.62. The van der Waals surface area contributed by atoms with Crippen LogP contribution in [0.25, 0.3) is 0 Å². The van der Waals surface area contributed by atoms with Gasteiger partial charge in [-0.15, -0.1) is 11.8 Å². The van der Waals surface area contributed by atoms with E-state index in [1.807, 2.05) is 11.8 Å². The topological polar surface area (TPSA) is 6.48 Å². The lowest BCUT2D eigenvalue weighted by molar-refractivity contribution is 0.0963. The van der Waals surface area contributed by atoms with Gasteiger partial charge in [-0.05, 0) is 37.3 Å². The predicted octanol–water partition coefficient (Wildman–Crippen LogP) is 3.32. The van der Waals surface area contributed by atoms with E-state index in [-0.39, 0.29) is 0 Å². The molecule has 1 aromatic carbocycles. The molecule has 1 aliphatic rings. The highest BCUT2D eigenvalue weighted by Gasteiger charge is 2.19. The lowest BCUT2D eigenvalue weighted by Crippen LogP contribution is -2.48. The normalized spacial score (nSPS) is 19.5. The first-order chi connectivity index (χ1) is 9.22. The van der Waals surface area contributed by atoms with Gasteiger partial charge in [0, 0.05) is 43.7 Å². The molecule has 0 bridgehead atoms. The quantitative estimate of drug-likeness (QED) is 0.763. The average Bonchev–Trinajstić information content (AvgIpc) is 2.48. The van der Waals surface area contributed by atoms with Gasteiger partial charge >= 0.3 is 0 Å². The number of piperazine rings is 1. The van der Waals surface area contributed by atoms with Gasteiger partial charge in [-0.1, -0.05) is 19.1 Å². The van der Waals surface area contributed by atoms with Crippen molar-refractivity contribution in [2.24, 2.45) is 0 Å². The van der Waals surface area contributed by atoms with Gasteiger partial charge in [0.05, 0.1) is 0 Å². The van der Waals surface area contributed by atoms with Crippen LogP contribution in [-0.4, -0.2) is 48.3 Å². The highest BCUT2D eigenvalue weighted by molar-refractivity contribution is 7.98. The first kappa shape index (κ1) is 14.9. The highest BCUT2D eigenvalue weighted by atomic mass is 32.2. The van der Waals surface area contributed by atoms with Gasteiger partial charge in [-0.3, -0.25) is 9.80 Å². The maximum Gasteiger partial charge on any atom is 0.0234 e. The fourth-order valence-electron chi connectivity index (χ4n) is 2.61. The van der Waals surface area contributed by atoms with E-state index in [2.05, 4.69) is 54.2 Å². The molecule has 2 nitrogen and oxygen atoms in total. The second kappa shape index (κ2) is 7.32. The molecular formula is C16H26N2S. The van der Waals surface area contributed by atoms with Gasteiger partial charge in [0.1, 0.15) is 0 Å². The van der Waals surface area contributed by atoms with Crippen LogP contribution in [0.3, 0.4) is 0 Å². The smallest absolute Gasteiger partial charge is 0.0234 e. The molecule has 1 aliphatic heterocycles. The number of rotatable bonds is 5. The van der Waals surface area contributed by atoms with Crippen LogP contribution in [0.2, 0.25) is 0 Å². The Morgan fingerprint density at radius 2 is 1.74 bits per heavy atom. The summed E-state index contributed by atoms with van der Waals surface area (Å²) in [5.74, 6) is 0. The Kier molecular flexibility index (Phi) is 5.74. The molecule has 1 heterocycles. The van der Waals surface area contributed by atoms with E-state index in [4.69, 9.17) is 0 Å². The minimum Gasteiger partial charge on any atom is -0.298 e. The van der Waals surface area contributed by atoms with Crippen molar-refractivity contribution < 1.29 is 0 Å². The van der Waals surface area contributed by atoms with Crippen LogP contribution in [0.1, 0.15) is 25.8 Å². The summed E-state index contributed by atoms with van der Waals surface area (Å²) in [7, 11) is 0. The largest absolute Gasteiger partial charge is 0.298 e. The van der Waals surface area contributed by atoms with Crippen LogP contribution < -0.4 is 0 Å². The molecule has 1 fully saturated rings. The molecule has 0 aliphatic carbocycles. The first-order valence-electron chi connectivity index (χ1n) is 7.32. The summed E-state index contributed by atoms with van der Waals surface area (Å²) in [5.41, 5.74) is 1.44. The maximum atomic E-state index is 2.62. The Bertz CT molecular complexity index is 369. The molecule has 0 amide bonds. The van der Waals surface area contributed by atoms with Crippen molar-refractivity contribution in [3.05, 3.63) is 29.8 Å². The van der Waals surface area contributed by atoms with Crippen molar-refractivity contribution in [3.8, 4) is 0 Å². The summed E-state index contributed by atoms with van der Waals surface area (Å²) >= 11 is 1.81. The van der Waals surface area contributed by atoms with Crippen molar-refractivity contribution >= 4 is 11.8 Å². The molecular weight excluding hydrogens is 252 g/mol. The fraction of sp³-hybridized carbons (Fsp3) is 0.625. The van der Waals surface area contributed by atoms with Crippen molar-refractivity contribution in [2.45, 2.75) is 37.8 Å². The Labute approximate surface area is 122 Å². The third-order valence-electron chi connectivity index (χ3n) is 4.19.